The average Bonchev–Trinajstić information content (AvgIpc) is 2.35. The number of esters is 1. The largest absolute Gasteiger partial charge is 0.468 e. The van der Waals surface area contributed by atoms with Crippen LogP contribution in [-0.2, 0) is 9.53 Å². The summed E-state index contributed by atoms with van der Waals surface area (Å²) in [5.41, 5.74) is 0. The van der Waals surface area contributed by atoms with E-state index in [2.05, 4.69) is 33.0 Å². The first kappa shape index (κ1) is 15.5. The Hall–Kier alpha value is -0.570. The van der Waals surface area contributed by atoms with E-state index in [4.69, 9.17) is 4.74 Å². The van der Waals surface area contributed by atoms with Gasteiger partial charge in [0.05, 0.1) is 7.11 Å². The van der Waals surface area contributed by atoms with Crippen LogP contribution in [0.25, 0.3) is 0 Å². The molecule has 0 saturated heterocycles. The third kappa shape index (κ3) is 4.27. The molecular weight excluding hydrogens is 226 g/mol. The molecule has 0 aromatic carbocycles. The molecule has 1 atom stereocenters. The molecule has 3 heteroatoms. The minimum Gasteiger partial charge on any atom is -0.468 e. The van der Waals surface area contributed by atoms with Gasteiger partial charge in [0.25, 0.3) is 0 Å². The van der Waals surface area contributed by atoms with Gasteiger partial charge in [-0.3, -0.25) is 4.79 Å². The van der Waals surface area contributed by atoms with E-state index in [1.165, 1.54) is 32.8 Å². The maximum atomic E-state index is 11.7. The number of nitrogens with one attached hydrogen (secondary N) is 1. The number of methoxy groups -OCH3 is 1. The molecular formula is C15H29NO2. The lowest BCUT2D eigenvalue weighted by Crippen LogP contribution is -2.48. The first-order chi connectivity index (χ1) is 8.45. The average molecular weight is 255 g/mol. The van der Waals surface area contributed by atoms with Gasteiger partial charge in [0.2, 0.25) is 0 Å². The molecule has 0 aromatic heterocycles. The molecule has 1 unspecified atom stereocenters. The Kier molecular flexibility index (Phi) is 6.13. The highest BCUT2D eigenvalue weighted by Crippen LogP contribution is 2.30. The molecule has 106 valence electrons. The molecule has 1 aliphatic carbocycles. The minimum atomic E-state index is -0.157. The van der Waals surface area contributed by atoms with Gasteiger partial charge in [-0.2, -0.15) is 0 Å². The Bertz CT molecular complexity index is 255. The first-order valence-corrected chi connectivity index (χ1v) is 7.29. The van der Waals surface area contributed by atoms with Crippen molar-refractivity contribution < 1.29 is 9.53 Å². The molecule has 1 saturated carbocycles. The molecule has 1 aliphatic rings. The van der Waals surface area contributed by atoms with Crippen LogP contribution in [0.1, 0.15) is 53.4 Å². The van der Waals surface area contributed by atoms with Gasteiger partial charge < -0.3 is 10.1 Å². The minimum absolute atomic E-state index is 0.129. The van der Waals surface area contributed by atoms with Crippen LogP contribution in [0, 0.1) is 17.8 Å². The summed E-state index contributed by atoms with van der Waals surface area (Å²) in [5, 5.41) is 3.49. The summed E-state index contributed by atoms with van der Waals surface area (Å²) in [6, 6.07) is 0.321. The summed E-state index contributed by atoms with van der Waals surface area (Å²) in [6.45, 7) is 8.75. The van der Waals surface area contributed by atoms with Crippen molar-refractivity contribution in [2.24, 2.45) is 17.8 Å². The Morgan fingerprint density at radius 2 is 1.67 bits per heavy atom. The van der Waals surface area contributed by atoms with Crippen molar-refractivity contribution in [3.8, 4) is 0 Å². The van der Waals surface area contributed by atoms with Crippen molar-refractivity contribution in [3.63, 3.8) is 0 Å². The maximum absolute atomic E-state index is 11.7. The van der Waals surface area contributed by atoms with Gasteiger partial charge in [-0.1, -0.05) is 27.7 Å². The third-order valence-electron chi connectivity index (χ3n) is 4.25. The topological polar surface area (TPSA) is 38.3 Å². The van der Waals surface area contributed by atoms with E-state index < -0.39 is 0 Å². The van der Waals surface area contributed by atoms with Crippen molar-refractivity contribution in [1.29, 1.82) is 0 Å². The van der Waals surface area contributed by atoms with Crippen LogP contribution in [-0.4, -0.2) is 25.2 Å². The van der Waals surface area contributed by atoms with Gasteiger partial charge in [-0.05, 0) is 43.4 Å². The van der Waals surface area contributed by atoms with Crippen LogP contribution in [0.5, 0.6) is 0 Å². The highest BCUT2D eigenvalue weighted by atomic mass is 16.5. The lowest BCUT2D eigenvalue weighted by molar-refractivity contribution is -0.144. The maximum Gasteiger partial charge on any atom is 0.323 e. The van der Waals surface area contributed by atoms with Crippen molar-refractivity contribution in [2.45, 2.75) is 65.5 Å². The van der Waals surface area contributed by atoms with E-state index in [-0.39, 0.29) is 17.9 Å². The van der Waals surface area contributed by atoms with Gasteiger partial charge in [-0.25, -0.2) is 0 Å². The van der Waals surface area contributed by atoms with Gasteiger partial charge in [-0.15, -0.1) is 0 Å². The summed E-state index contributed by atoms with van der Waals surface area (Å²) < 4.78 is 4.87. The molecule has 1 rings (SSSR count). The molecule has 0 aliphatic heterocycles. The smallest absolute Gasteiger partial charge is 0.323 e. The third-order valence-corrected chi connectivity index (χ3v) is 4.25. The zero-order valence-corrected chi connectivity index (χ0v) is 12.5. The molecule has 1 N–H and O–H groups in total. The molecule has 1 fully saturated rings. The Balaban J connectivity index is 2.45. The Morgan fingerprint density at radius 3 is 2.06 bits per heavy atom. The fraction of sp³-hybridized carbons (Fsp3) is 0.933. The van der Waals surface area contributed by atoms with E-state index in [1.54, 1.807) is 0 Å². The number of hydrogen-bond acceptors (Lipinski definition) is 3. The SMILES string of the molecule is COC(=O)C(NC1CCC(C(C)C)CC1)C(C)C. The lowest BCUT2D eigenvalue weighted by atomic mass is 9.79. The van der Waals surface area contributed by atoms with Crippen molar-refractivity contribution >= 4 is 5.97 Å². The van der Waals surface area contributed by atoms with Crippen molar-refractivity contribution in [1.82, 2.24) is 5.32 Å². The number of ether oxygens (including phenoxy) is 1. The molecule has 0 amide bonds. The first-order valence-electron chi connectivity index (χ1n) is 7.29. The molecule has 18 heavy (non-hydrogen) atoms. The predicted octanol–water partition coefficient (Wildman–Crippen LogP) is 2.99. The monoisotopic (exact) mass is 255 g/mol. The van der Waals surface area contributed by atoms with Crippen molar-refractivity contribution in [3.05, 3.63) is 0 Å². The molecule has 0 radical (unpaired) electrons. The number of carbonyl (C=O) groups excluding carboxylic acids is 1. The second-order valence-electron chi connectivity index (χ2n) is 6.27. The Labute approximate surface area is 112 Å². The molecule has 0 spiro atoms. The van der Waals surface area contributed by atoms with Gasteiger partial charge >= 0.3 is 5.97 Å². The fourth-order valence-electron chi connectivity index (χ4n) is 2.87. The van der Waals surface area contributed by atoms with E-state index in [0.717, 1.165) is 11.8 Å². The second kappa shape index (κ2) is 7.13. The van der Waals surface area contributed by atoms with Crippen LogP contribution in [0.3, 0.4) is 0 Å². The predicted molar refractivity (Wildman–Crippen MR) is 74.4 cm³/mol. The van der Waals surface area contributed by atoms with Crippen LogP contribution >= 0.6 is 0 Å². The van der Waals surface area contributed by atoms with Gasteiger partial charge in [0, 0.05) is 6.04 Å². The number of hydrogen-bond donors (Lipinski definition) is 1. The van der Waals surface area contributed by atoms with Crippen LogP contribution in [0.2, 0.25) is 0 Å². The quantitative estimate of drug-likeness (QED) is 0.768. The lowest BCUT2D eigenvalue weighted by Gasteiger charge is -2.34. The molecule has 3 nitrogen and oxygen atoms in total. The van der Waals surface area contributed by atoms with E-state index in [9.17, 15) is 4.79 Å². The summed E-state index contributed by atoms with van der Waals surface area (Å²) in [5.74, 6) is 1.79. The van der Waals surface area contributed by atoms with E-state index in [1.807, 2.05) is 0 Å². The van der Waals surface area contributed by atoms with E-state index in [0.29, 0.717) is 6.04 Å². The zero-order chi connectivity index (χ0) is 13.7. The zero-order valence-electron chi connectivity index (χ0n) is 12.5. The van der Waals surface area contributed by atoms with Crippen LogP contribution < -0.4 is 5.32 Å². The summed E-state index contributed by atoms with van der Waals surface area (Å²) in [7, 11) is 1.47. The summed E-state index contributed by atoms with van der Waals surface area (Å²) in [6.07, 6.45) is 4.93. The standard InChI is InChI=1S/C15H29NO2/c1-10(2)12-6-8-13(9-7-12)16-14(11(3)4)15(17)18-5/h10-14,16H,6-9H2,1-5H3. The normalized spacial score (nSPS) is 26.4. The second-order valence-corrected chi connectivity index (χ2v) is 6.27. The number of carbonyl (C=O) groups is 1. The molecule has 0 bridgehead atoms. The highest BCUT2D eigenvalue weighted by molar-refractivity contribution is 5.75. The highest BCUT2D eigenvalue weighted by Gasteiger charge is 2.29. The fourth-order valence-corrected chi connectivity index (χ4v) is 2.87. The summed E-state index contributed by atoms with van der Waals surface area (Å²) in [4.78, 5) is 11.7. The molecule has 0 aromatic rings. The van der Waals surface area contributed by atoms with Crippen LogP contribution in [0.15, 0.2) is 0 Å². The Morgan fingerprint density at radius 1 is 1.11 bits per heavy atom. The van der Waals surface area contributed by atoms with Gasteiger partial charge in [0.15, 0.2) is 0 Å². The number of rotatable bonds is 5. The van der Waals surface area contributed by atoms with Crippen molar-refractivity contribution in [2.75, 3.05) is 7.11 Å². The van der Waals surface area contributed by atoms with Gasteiger partial charge in [0.1, 0.15) is 6.04 Å². The van der Waals surface area contributed by atoms with Crippen LogP contribution in [0.4, 0.5) is 0 Å². The molecule has 0 heterocycles. The van der Waals surface area contributed by atoms with E-state index >= 15 is 0 Å². The summed E-state index contributed by atoms with van der Waals surface area (Å²) >= 11 is 0.